The van der Waals surface area contributed by atoms with Gasteiger partial charge in [-0.3, -0.25) is 28.8 Å². The van der Waals surface area contributed by atoms with Crippen LogP contribution in [0.15, 0.2) is 41.2 Å². The molecule has 0 bridgehead atoms. The fourth-order valence-electron chi connectivity index (χ4n) is 8.23. The number of ether oxygens (including phenoxy) is 1. The van der Waals surface area contributed by atoms with Crippen LogP contribution in [0, 0.1) is 17.8 Å². The van der Waals surface area contributed by atoms with Crippen LogP contribution >= 0.6 is 0 Å². The zero-order valence-corrected chi connectivity index (χ0v) is 33.5. The topological polar surface area (TPSA) is 197 Å². The number of hydrogen-bond donors (Lipinski definition) is 3. The van der Waals surface area contributed by atoms with Gasteiger partial charge in [0.2, 0.25) is 27.7 Å². The van der Waals surface area contributed by atoms with E-state index in [2.05, 4.69) is 15.1 Å². The lowest BCUT2D eigenvalue weighted by Gasteiger charge is -2.43. The lowest BCUT2D eigenvalue weighted by atomic mass is 9.85. The summed E-state index contributed by atoms with van der Waals surface area (Å²) in [6.07, 6.45) is 4.50. The summed E-state index contributed by atoms with van der Waals surface area (Å²) in [6.45, 7) is 12.6. The van der Waals surface area contributed by atoms with Gasteiger partial charge in [0.25, 0.3) is 11.5 Å². The second-order valence-corrected chi connectivity index (χ2v) is 19.4. The third-order valence-corrected chi connectivity index (χ3v) is 14.0. The Morgan fingerprint density at radius 3 is 2.40 bits per heavy atom. The molecule has 15 nitrogen and oxygen atoms in total. The molecule has 2 aliphatic heterocycles. The predicted molar refractivity (Wildman–Crippen MR) is 205 cm³/mol. The van der Waals surface area contributed by atoms with E-state index in [1.165, 1.54) is 9.58 Å². The largest absolute Gasteiger partial charge is 0.471 e. The zero-order valence-electron chi connectivity index (χ0n) is 32.7. The number of nitrogens with one attached hydrogen (secondary N) is 2. The molecule has 1 aromatic carbocycles. The number of fused-ring (bicyclic) bond motifs is 3. The molecule has 0 spiro atoms. The predicted octanol–water partition coefficient (Wildman–Crippen LogP) is 3.80. The summed E-state index contributed by atoms with van der Waals surface area (Å²) in [6, 6.07) is 4.46. The molecule has 4 aliphatic rings. The minimum Gasteiger partial charge on any atom is -0.471 e. The fourth-order valence-corrected chi connectivity index (χ4v) is 9.54. The number of aryl methyl sites for hydroxylation is 1. The molecule has 300 valence electrons. The van der Waals surface area contributed by atoms with Crippen molar-refractivity contribution >= 4 is 44.6 Å². The SMILES string of the molecule is CCn1nc(O[C@@H]2C[C@H]3C(=O)N[C@]4(C(=O)NS(=O)(=O)C5(C)CC5)C[C@H]4/C=C\CC[C@H](C)C[C@@H](C)[C@H](N(C(=O)O)C(C)(C)C)C(=O)N3C2)c2ccccc2c1=O. The van der Waals surface area contributed by atoms with Crippen molar-refractivity contribution in [2.24, 2.45) is 17.8 Å². The second kappa shape index (κ2) is 14.6. The Balaban J connectivity index is 1.41. The number of sulfonamides is 1. The van der Waals surface area contributed by atoms with Gasteiger partial charge in [-0.2, -0.15) is 0 Å². The molecule has 4 amide bonds. The Bertz CT molecular complexity index is 2070. The maximum atomic E-state index is 15.0. The van der Waals surface area contributed by atoms with Crippen LogP contribution in [0.3, 0.4) is 0 Å². The van der Waals surface area contributed by atoms with E-state index in [1.54, 1.807) is 58.9 Å². The van der Waals surface area contributed by atoms with Crippen LogP contribution < -0.4 is 20.3 Å². The van der Waals surface area contributed by atoms with Gasteiger partial charge in [-0.1, -0.05) is 38.1 Å². The van der Waals surface area contributed by atoms with Gasteiger partial charge in [0.1, 0.15) is 23.7 Å². The monoisotopic (exact) mass is 782 g/mol. The lowest BCUT2D eigenvalue weighted by Crippen LogP contribution is -2.62. The zero-order chi connectivity index (χ0) is 40.2. The summed E-state index contributed by atoms with van der Waals surface area (Å²) in [7, 11) is -4.03. The van der Waals surface area contributed by atoms with E-state index in [9.17, 15) is 32.7 Å². The van der Waals surface area contributed by atoms with Gasteiger partial charge < -0.3 is 20.1 Å². The molecule has 0 radical (unpaired) electrons. The molecule has 2 saturated carbocycles. The number of hydrogen-bond acceptors (Lipinski definition) is 9. The van der Waals surface area contributed by atoms with Gasteiger partial charge in [-0.15, -0.1) is 5.10 Å². The average molecular weight is 783 g/mol. The standard InChI is InChI=1S/C39H54N6O9S/c1-8-44-33(47)28-16-12-11-15-27(28)32(41-44)54-26-20-29-31(46)40-39(35(49)42-55(52,53)38(7)17-18-38)21-25(39)14-10-9-13-23(2)19-24(3)30(34(48)43(29)22-26)45(36(50)51)37(4,5)6/h10-12,14-16,23-26,29-30H,8-9,13,17-22H2,1-7H3,(H,40,46)(H,42,49)(H,50,51)/b14-10-/t23-,24+,25+,26+,29-,30-,39+/m0/s1. The summed E-state index contributed by atoms with van der Waals surface area (Å²) in [4.78, 5) is 72.1. The number of benzene rings is 1. The van der Waals surface area contributed by atoms with Gasteiger partial charge in [-0.25, -0.2) is 17.9 Å². The first-order valence-corrected chi connectivity index (χ1v) is 20.8. The molecule has 3 heterocycles. The van der Waals surface area contributed by atoms with Crippen LogP contribution in [0.4, 0.5) is 4.79 Å². The van der Waals surface area contributed by atoms with Gasteiger partial charge in [0, 0.05) is 24.4 Å². The Kier molecular flexibility index (Phi) is 10.6. The normalized spacial score (nSPS) is 30.2. The maximum Gasteiger partial charge on any atom is 0.408 e. The van der Waals surface area contributed by atoms with Crippen LogP contribution in [0.2, 0.25) is 0 Å². The van der Waals surface area contributed by atoms with E-state index < -0.39 is 79.7 Å². The van der Waals surface area contributed by atoms with Crippen LogP contribution in [0.1, 0.15) is 93.4 Å². The Morgan fingerprint density at radius 2 is 1.78 bits per heavy atom. The summed E-state index contributed by atoms with van der Waals surface area (Å²) < 4.78 is 35.3. The first kappa shape index (κ1) is 40.2. The average Bonchev–Trinajstić information content (AvgIpc) is 3.99. The van der Waals surface area contributed by atoms with Crippen molar-refractivity contribution in [3.8, 4) is 5.88 Å². The number of rotatable bonds is 7. The second-order valence-electron chi connectivity index (χ2n) is 17.2. The molecule has 3 fully saturated rings. The first-order valence-electron chi connectivity index (χ1n) is 19.3. The molecule has 0 unspecified atom stereocenters. The van der Waals surface area contributed by atoms with Crippen LogP contribution in [0.25, 0.3) is 10.8 Å². The van der Waals surface area contributed by atoms with Gasteiger partial charge >= 0.3 is 6.09 Å². The van der Waals surface area contributed by atoms with Gasteiger partial charge in [0.15, 0.2) is 0 Å². The highest BCUT2D eigenvalue weighted by Crippen LogP contribution is 2.47. The minimum atomic E-state index is -4.03. The van der Waals surface area contributed by atoms with E-state index >= 15 is 4.79 Å². The van der Waals surface area contributed by atoms with Gasteiger partial charge in [-0.05, 0) is 97.1 Å². The number of carbonyl (C=O) groups is 4. The number of allylic oxidation sites excluding steroid dienone is 1. The fraction of sp³-hybridized carbons (Fsp3) is 0.641. The van der Waals surface area contributed by atoms with E-state index in [0.717, 1.165) is 11.3 Å². The Morgan fingerprint density at radius 1 is 1.11 bits per heavy atom. The molecular formula is C39H54N6O9S. The molecule has 16 heteroatoms. The van der Waals surface area contributed by atoms with Crippen LogP contribution in [0.5, 0.6) is 5.88 Å². The molecule has 3 N–H and O–H groups in total. The highest BCUT2D eigenvalue weighted by atomic mass is 32.2. The molecule has 1 aromatic heterocycles. The quantitative estimate of drug-likeness (QED) is 0.348. The van der Waals surface area contributed by atoms with Crippen LogP contribution in [-0.4, -0.2) is 97.5 Å². The summed E-state index contributed by atoms with van der Waals surface area (Å²) in [5.74, 6) is -2.82. The lowest BCUT2D eigenvalue weighted by molar-refractivity contribution is -0.146. The van der Waals surface area contributed by atoms with Crippen molar-refractivity contribution in [3.63, 3.8) is 0 Å². The number of carboxylic acid groups (broad SMARTS) is 1. The Labute approximate surface area is 321 Å². The maximum absolute atomic E-state index is 15.0. The molecule has 2 aliphatic carbocycles. The summed E-state index contributed by atoms with van der Waals surface area (Å²) >= 11 is 0. The smallest absolute Gasteiger partial charge is 0.408 e. The van der Waals surface area contributed by atoms with E-state index in [-0.39, 0.29) is 43.3 Å². The van der Waals surface area contributed by atoms with Gasteiger partial charge in [0.05, 0.1) is 22.1 Å². The molecule has 1 saturated heterocycles. The molecule has 2 aromatic rings. The summed E-state index contributed by atoms with van der Waals surface area (Å²) in [5.41, 5.74) is -2.87. The number of amides is 4. The highest BCUT2D eigenvalue weighted by Gasteiger charge is 2.63. The molecule has 6 rings (SSSR count). The Hall–Kier alpha value is -4.47. The third-order valence-electron chi connectivity index (χ3n) is 11.8. The molecule has 7 atom stereocenters. The van der Waals surface area contributed by atoms with E-state index in [4.69, 9.17) is 4.74 Å². The third kappa shape index (κ3) is 7.70. The van der Waals surface area contributed by atoms with E-state index in [0.29, 0.717) is 36.5 Å². The van der Waals surface area contributed by atoms with Crippen molar-refractivity contribution in [3.05, 3.63) is 46.8 Å². The van der Waals surface area contributed by atoms with Crippen molar-refractivity contribution < 1.29 is 37.4 Å². The number of aromatic nitrogens is 2. The van der Waals surface area contributed by atoms with Crippen LogP contribution in [-0.2, 0) is 31.0 Å². The minimum absolute atomic E-state index is 0.0481. The number of carbonyl (C=O) groups excluding carboxylic acids is 3. The number of nitrogens with zero attached hydrogens (tertiary/aromatic N) is 4. The molecule has 55 heavy (non-hydrogen) atoms. The van der Waals surface area contributed by atoms with E-state index in [1.807, 2.05) is 26.0 Å². The van der Waals surface area contributed by atoms with Crippen molar-refractivity contribution in [1.29, 1.82) is 0 Å². The van der Waals surface area contributed by atoms with Crippen molar-refractivity contribution in [2.75, 3.05) is 6.54 Å². The van der Waals surface area contributed by atoms with Crippen molar-refractivity contribution in [1.82, 2.24) is 29.6 Å². The first-order chi connectivity index (χ1) is 25.7. The summed E-state index contributed by atoms with van der Waals surface area (Å²) in [5, 5.41) is 18.8. The highest BCUT2D eigenvalue weighted by molar-refractivity contribution is 7.91. The molecular weight excluding hydrogens is 729 g/mol. The van der Waals surface area contributed by atoms with Crippen molar-refractivity contribution in [2.45, 2.75) is 134 Å².